The number of rotatable bonds is 8. The number of likely N-dealkylation sites (N-methyl/N-ethyl adjacent to an activating group) is 1. The Labute approximate surface area is 218 Å². The molecule has 0 spiro atoms. The molecule has 0 radical (unpaired) electrons. The summed E-state index contributed by atoms with van der Waals surface area (Å²) in [4.78, 5) is 34.9. The van der Waals surface area contributed by atoms with Crippen molar-refractivity contribution in [3.63, 3.8) is 0 Å². The summed E-state index contributed by atoms with van der Waals surface area (Å²) in [5, 5.41) is 8.10. The maximum Gasteiger partial charge on any atom is 0.257 e. The summed E-state index contributed by atoms with van der Waals surface area (Å²) >= 11 is 0. The van der Waals surface area contributed by atoms with Gasteiger partial charge in [0.05, 0.1) is 11.4 Å². The molecule has 192 valence electrons. The number of carbonyl (C=O) groups excluding carboxylic acids is 1. The molecular weight excluding hydrogens is 464 g/mol. The monoisotopic (exact) mass is 498 g/mol. The second kappa shape index (κ2) is 11.7. The lowest BCUT2D eigenvalue weighted by atomic mass is 10.1. The van der Waals surface area contributed by atoms with E-state index in [0.29, 0.717) is 11.4 Å². The van der Waals surface area contributed by atoms with Crippen LogP contribution in [0.1, 0.15) is 36.8 Å². The number of aliphatic imine (C=N–C) groups is 1. The van der Waals surface area contributed by atoms with Crippen molar-refractivity contribution in [3.05, 3.63) is 72.1 Å². The van der Waals surface area contributed by atoms with Gasteiger partial charge >= 0.3 is 0 Å². The second-order valence-electron chi connectivity index (χ2n) is 9.53. The Morgan fingerprint density at radius 2 is 1.84 bits per heavy atom. The number of amides is 1. The summed E-state index contributed by atoms with van der Waals surface area (Å²) in [7, 11) is 2.11. The van der Waals surface area contributed by atoms with Crippen LogP contribution in [0.25, 0.3) is 16.3 Å². The fourth-order valence-electron chi connectivity index (χ4n) is 4.13. The number of nitrogens with zero attached hydrogens (tertiary/aromatic N) is 6. The van der Waals surface area contributed by atoms with Crippen LogP contribution in [0.5, 0.6) is 0 Å². The molecule has 1 amide bonds. The Hall–Kier alpha value is -4.11. The first kappa shape index (κ1) is 26.0. The van der Waals surface area contributed by atoms with Gasteiger partial charge in [-0.05, 0) is 75.8 Å². The topological polar surface area (TPSA) is 98.6 Å². The van der Waals surface area contributed by atoms with E-state index < -0.39 is 0 Å². The van der Waals surface area contributed by atoms with Crippen LogP contribution in [-0.2, 0) is 0 Å². The number of aromatic nitrogens is 3. The number of allylic oxidation sites excluding steroid dienone is 2. The summed E-state index contributed by atoms with van der Waals surface area (Å²) in [6.07, 6.45) is 8.87. The van der Waals surface area contributed by atoms with E-state index in [1.165, 1.54) is 0 Å². The van der Waals surface area contributed by atoms with Gasteiger partial charge in [0.2, 0.25) is 0 Å². The lowest BCUT2D eigenvalue weighted by molar-refractivity contribution is 0.102. The first-order valence-electron chi connectivity index (χ1n) is 12.4. The molecule has 9 nitrogen and oxygen atoms in total. The summed E-state index contributed by atoms with van der Waals surface area (Å²) in [5.41, 5.74) is 3.20. The number of pyridine rings is 3. The van der Waals surface area contributed by atoms with E-state index in [1.807, 2.05) is 31.2 Å². The van der Waals surface area contributed by atoms with E-state index in [4.69, 9.17) is 0 Å². The van der Waals surface area contributed by atoms with Gasteiger partial charge in [-0.15, -0.1) is 0 Å². The predicted molar refractivity (Wildman–Crippen MR) is 151 cm³/mol. The van der Waals surface area contributed by atoms with Crippen molar-refractivity contribution in [2.75, 3.05) is 43.4 Å². The summed E-state index contributed by atoms with van der Waals surface area (Å²) in [6, 6.07) is 7.68. The Kier molecular flexibility index (Phi) is 8.25. The molecule has 37 heavy (non-hydrogen) atoms. The zero-order valence-electron chi connectivity index (χ0n) is 21.9. The van der Waals surface area contributed by atoms with Crippen molar-refractivity contribution < 1.29 is 4.79 Å². The van der Waals surface area contributed by atoms with Crippen LogP contribution in [0.4, 0.5) is 11.6 Å². The zero-order valence-corrected chi connectivity index (χ0v) is 21.9. The van der Waals surface area contributed by atoms with Crippen molar-refractivity contribution in [1.82, 2.24) is 25.2 Å². The number of fused-ring (bicyclic) bond motifs is 1. The van der Waals surface area contributed by atoms with Crippen LogP contribution >= 0.6 is 0 Å². The van der Waals surface area contributed by atoms with Crippen molar-refractivity contribution in [2.45, 2.75) is 26.8 Å². The fourth-order valence-corrected chi connectivity index (χ4v) is 4.13. The number of hydrogen-bond donors (Lipinski definition) is 2. The molecule has 1 aliphatic rings. The van der Waals surface area contributed by atoms with Gasteiger partial charge in [-0.2, -0.15) is 0 Å². The highest BCUT2D eigenvalue weighted by atomic mass is 16.1. The van der Waals surface area contributed by atoms with Gasteiger partial charge in [-0.25, -0.2) is 9.97 Å². The smallest absolute Gasteiger partial charge is 0.257 e. The van der Waals surface area contributed by atoms with Gasteiger partial charge in [0.15, 0.2) is 0 Å². The number of hydrogen-bond acceptors (Lipinski definition) is 8. The first-order chi connectivity index (χ1) is 17.8. The third-order valence-electron chi connectivity index (χ3n) is 6.14. The third kappa shape index (κ3) is 6.77. The summed E-state index contributed by atoms with van der Waals surface area (Å²) < 4.78 is 0. The number of piperazine rings is 1. The van der Waals surface area contributed by atoms with E-state index in [1.54, 1.807) is 30.9 Å². The van der Waals surface area contributed by atoms with Gasteiger partial charge in [0.1, 0.15) is 11.6 Å². The minimum Gasteiger partial charge on any atom is -0.382 e. The van der Waals surface area contributed by atoms with Crippen LogP contribution in [0.2, 0.25) is 0 Å². The molecule has 0 bridgehead atoms. The molecule has 0 aliphatic carbocycles. The second-order valence-corrected chi connectivity index (χ2v) is 9.53. The average molecular weight is 499 g/mol. The third-order valence-corrected chi connectivity index (χ3v) is 6.14. The van der Waals surface area contributed by atoms with Crippen LogP contribution in [0, 0.1) is 0 Å². The quantitative estimate of drug-likeness (QED) is 0.358. The van der Waals surface area contributed by atoms with Gasteiger partial charge < -0.3 is 20.4 Å². The molecule has 0 saturated carbocycles. The van der Waals surface area contributed by atoms with Crippen molar-refractivity contribution in [1.29, 1.82) is 0 Å². The van der Waals surface area contributed by atoms with E-state index >= 15 is 0 Å². The molecule has 4 rings (SSSR count). The Morgan fingerprint density at radius 3 is 2.57 bits per heavy atom. The molecule has 1 saturated heterocycles. The molecule has 4 heterocycles. The van der Waals surface area contributed by atoms with Gasteiger partial charge in [0.25, 0.3) is 5.91 Å². The van der Waals surface area contributed by atoms with Gasteiger partial charge in [-0.3, -0.25) is 14.8 Å². The van der Waals surface area contributed by atoms with Crippen LogP contribution in [-0.4, -0.2) is 71.7 Å². The highest BCUT2D eigenvalue weighted by Gasteiger charge is 2.17. The molecule has 0 unspecified atom stereocenters. The maximum atomic E-state index is 13.0. The van der Waals surface area contributed by atoms with E-state index in [9.17, 15) is 4.79 Å². The molecule has 3 aromatic heterocycles. The van der Waals surface area contributed by atoms with E-state index in [-0.39, 0.29) is 11.9 Å². The van der Waals surface area contributed by atoms with Crippen molar-refractivity contribution in [2.24, 2.45) is 4.99 Å². The Morgan fingerprint density at radius 1 is 1.08 bits per heavy atom. The van der Waals surface area contributed by atoms with Gasteiger partial charge in [0, 0.05) is 68.0 Å². The lowest BCUT2D eigenvalue weighted by Crippen LogP contribution is -2.44. The molecule has 1 aliphatic heterocycles. The van der Waals surface area contributed by atoms with E-state index in [2.05, 4.69) is 68.0 Å². The first-order valence-corrected chi connectivity index (χ1v) is 12.4. The van der Waals surface area contributed by atoms with Gasteiger partial charge in [-0.1, -0.05) is 0 Å². The molecule has 0 atom stereocenters. The minimum absolute atomic E-state index is 0.221. The normalized spacial score (nSPS) is 15.2. The number of anilines is 2. The average Bonchev–Trinajstić information content (AvgIpc) is 2.88. The SMILES string of the molecule is C=N/C=C(\C=C(/C)c1cc2cc(NC(=O)c3ccnc(N4CCN(C)CC4)c3)ncc2cn1)NC(C)C. The molecule has 3 aromatic rings. The minimum atomic E-state index is -0.221. The Balaban J connectivity index is 1.52. The summed E-state index contributed by atoms with van der Waals surface area (Å²) in [6.45, 7) is 13.4. The van der Waals surface area contributed by atoms with Crippen LogP contribution < -0.4 is 15.5 Å². The highest BCUT2D eigenvalue weighted by Crippen LogP contribution is 2.22. The highest BCUT2D eigenvalue weighted by molar-refractivity contribution is 6.04. The largest absolute Gasteiger partial charge is 0.382 e. The van der Waals surface area contributed by atoms with Crippen LogP contribution in [0.15, 0.2) is 65.8 Å². The Bertz CT molecular complexity index is 1340. The summed E-state index contributed by atoms with van der Waals surface area (Å²) in [5.74, 6) is 1.07. The molecule has 0 aromatic carbocycles. The maximum absolute atomic E-state index is 13.0. The molecule has 1 fully saturated rings. The van der Waals surface area contributed by atoms with Crippen molar-refractivity contribution >= 4 is 40.6 Å². The number of nitrogens with one attached hydrogen (secondary N) is 2. The van der Waals surface area contributed by atoms with Crippen LogP contribution in [0.3, 0.4) is 0 Å². The zero-order chi connectivity index (χ0) is 26.4. The lowest BCUT2D eigenvalue weighted by Gasteiger charge is -2.33. The molecule has 9 heteroatoms. The number of carbonyl (C=O) groups is 1. The van der Waals surface area contributed by atoms with E-state index in [0.717, 1.165) is 59.7 Å². The fraction of sp³-hybridized carbons (Fsp3) is 0.321. The standard InChI is InChI=1S/C28H34N8O/c1-19(2)33-24(18-29-4)12-20(3)25-13-22-14-26(32-17-23(22)16-31-25)34-28(37)21-6-7-30-27(15-21)36-10-8-35(5)9-11-36/h6-7,12-19,33H,4,8-11H2,1-3,5H3,(H,32,34,37)/b20-12+,24-18+. The predicted octanol–water partition coefficient (Wildman–Crippen LogP) is 3.97. The molecule has 2 N–H and O–H groups in total. The van der Waals surface area contributed by atoms with Crippen molar-refractivity contribution in [3.8, 4) is 0 Å². The molecular formula is C28H34N8O.